The lowest BCUT2D eigenvalue weighted by molar-refractivity contribution is 0.102. The third-order valence-electron chi connectivity index (χ3n) is 2.57. The Kier molecular flexibility index (Phi) is 4.00. The van der Waals surface area contributed by atoms with Crippen LogP contribution in [0.25, 0.3) is 0 Å². The number of anilines is 2. The number of para-hydroxylation sites is 1. The van der Waals surface area contributed by atoms with Gasteiger partial charge in [0.25, 0.3) is 5.91 Å². The van der Waals surface area contributed by atoms with Crippen LogP contribution in [0.3, 0.4) is 0 Å². The molecule has 1 amide bonds. The molecule has 9 heteroatoms. The number of rotatable bonds is 4. The maximum atomic E-state index is 12.2. The number of carbonyl (C=O) groups excluding carboxylic acids is 1. The number of benzene rings is 1. The van der Waals surface area contributed by atoms with Gasteiger partial charge in [0.2, 0.25) is 15.2 Å². The van der Waals surface area contributed by atoms with Crippen LogP contribution in [0.4, 0.5) is 10.8 Å². The largest absolute Gasteiger partial charge is 0.296 e. The first-order chi connectivity index (χ1) is 9.39. The Balaban J connectivity index is 2.35. The number of sulfonamides is 1. The van der Waals surface area contributed by atoms with Crippen LogP contribution in [-0.4, -0.2) is 37.8 Å². The van der Waals surface area contributed by atoms with Crippen molar-refractivity contribution in [3.05, 3.63) is 35.3 Å². The molecule has 0 spiro atoms. The van der Waals surface area contributed by atoms with Gasteiger partial charge in [0, 0.05) is 7.05 Å². The van der Waals surface area contributed by atoms with E-state index in [4.69, 9.17) is 0 Å². The van der Waals surface area contributed by atoms with Gasteiger partial charge in [-0.1, -0.05) is 23.5 Å². The van der Waals surface area contributed by atoms with Crippen LogP contribution in [0.2, 0.25) is 0 Å². The first-order valence-corrected chi connectivity index (χ1v) is 8.23. The van der Waals surface area contributed by atoms with Gasteiger partial charge >= 0.3 is 0 Å². The highest BCUT2D eigenvalue weighted by Crippen LogP contribution is 2.22. The number of amides is 1. The molecule has 0 aliphatic carbocycles. The molecule has 0 aliphatic rings. The summed E-state index contributed by atoms with van der Waals surface area (Å²) in [4.78, 5) is 12.2. The van der Waals surface area contributed by atoms with Crippen LogP contribution >= 0.6 is 11.3 Å². The Labute approximate surface area is 120 Å². The minimum atomic E-state index is -3.45. The van der Waals surface area contributed by atoms with Crippen molar-refractivity contribution in [2.24, 2.45) is 0 Å². The van der Waals surface area contributed by atoms with Crippen LogP contribution in [0, 0.1) is 0 Å². The molecule has 0 aliphatic heterocycles. The second kappa shape index (κ2) is 5.55. The summed E-state index contributed by atoms with van der Waals surface area (Å²) < 4.78 is 24.3. The van der Waals surface area contributed by atoms with E-state index in [-0.39, 0.29) is 5.56 Å². The summed E-state index contributed by atoms with van der Waals surface area (Å²) in [6.07, 6.45) is 1.08. The third-order valence-corrected chi connectivity index (χ3v) is 4.36. The molecule has 0 bridgehead atoms. The summed E-state index contributed by atoms with van der Waals surface area (Å²) in [5.41, 5.74) is 2.04. The molecule has 1 N–H and O–H groups in total. The molecule has 7 nitrogen and oxygen atoms in total. The first kappa shape index (κ1) is 14.4. The summed E-state index contributed by atoms with van der Waals surface area (Å²) in [6, 6.07) is 6.44. The van der Waals surface area contributed by atoms with Crippen LogP contribution in [0.5, 0.6) is 0 Å². The topological polar surface area (TPSA) is 92.3 Å². The molecule has 20 heavy (non-hydrogen) atoms. The molecule has 106 valence electrons. The predicted octanol–water partition coefficient (Wildman–Crippen LogP) is 1.19. The number of aromatic nitrogens is 2. The van der Waals surface area contributed by atoms with Crippen LogP contribution in [0.15, 0.2) is 29.8 Å². The van der Waals surface area contributed by atoms with E-state index < -0.39 is 15.9 Å². The number of nitrogens with zero attached hydrogens (tertiary/aromatic N) is 3. The second-order valence-electron chi connectivity index (χ2n) is 3.95. The summed E-state index contributed by atoms with van der Waals surface area (Å²) in [6.45, 7) is 0. The molecule has 2 rings (SSSR count). The normalized spacial score (nSPS) is 11.1. The van der Waals surface area contributed by atoms with Gasteiger partial charge in [-0.3, -0.25) is 14.4 Å². The van der Waals surface area contributed by atoms with E-state index in [0.29, 0.717) is 10.8 Å². The van der Waals surface area contributed by atoms with E-state index in [1.54, 1.807) is 24.3 Å². The molecule has 1 aromatic carbocycles. The molecule has 0 fully saturated rings. The molecule has 0 unspecified atom stereocenters. The van der Waals surface area contributed by atoms with Crippen molar-refractivity contribution in [1.82, 2.24) is 10.2 Å². The van der Waals surface area contributed by atoms with Crippen LogP contribution in [-0.2, 0) is 10.0 Å². The van der Waals surface area contributed by atoms with Gasteiger partial charge in [-0.05, 0) is 12.1 Å². The van der Waals surface area contributed by atoms with E-state index in [1.165, 1.54) is 23.9 Å². The number of hydrogen-bond acceptors (Lipinski definition) is 6. The van der Waals surface area contributed by atoms with Crippen molar-refractivity contribution in [3.8, 4) is 0 Å². The van der Waals surface area contributed by atoms with E-state index in [2.05, 4.69) is 15.5 Å². The molecular formula is C11H12N4O3S2. The SMILES string of the molecule is CN(c1ccccc1C(=O)Nc1nncs1)S(C)(=O)=O. The Morgan fingerprint density at radius 3 is 2.65 bits per heavy atom. The third kappa shape index (κ3) is 3.11. The fraction of sp³-hybridized carbons (Fsp3) is 0.182. The van der Waals surface area contributed by atoms with Crippen LogP contribution < -0.4 is 9.62 Å². The molecular weight excluding hydrogens is 300 g/mol. The number of hydrogen-bond donors (Lipinski definition) is 1. The zero-order chi connectivity index (χ0) is 14.8. The van der Waals surface area contributed by atoms with Crippen molar-refractivity contribution >= 4 is 38.1 Å². The van der Waals surface area contributed by atoms with E-state index >= 15 is 0 Å². The fourth-order valence-electron chi connectivity index (χ4n) is 1.51. The van der Waals surface area contributed by atoms with Gasteiger partial charge in [-0.15, -0.1) is 10.2 Å². The monoisotopic (exact) mass is 312 g/mol. The fourth-order valence-corrected chi connectivity index (χ4v) is 2.47. The lowest BCUT2D eigenvalue weighted by Crippen LogP contribution is -2.27. The summed E-state index contributed by atoms with van der Waals surface area (Å²) in [7, 11) is -2.05. The highest BCUT2D eigenvalue weighted by atomic mass is 32.2. The lowest BCUT2D eigenvalue weighted by Gasteiger charge is -2.19. The van der Waals surface area contributed by atoms with E-state index in [1.807, 2.05) is 0 Å². The summed E-state index contributed by atoms with van der Waals surface area (Å²) >= 11 is 1.18. The van der Waals surface area contributed by atoms with Gasteiger partial charge in [0.1, 0.15) is 5.51 Å². The molecule has 0 radical (unpaired) electrons. The maximum absolute atomic E-state index is 12.2. The minimum Gasteiger partial charge on any atom is -0.296 e. The Bertz CT molecular complexity index is 713. The first-order valence-electron chi connectivity index (χ1n) is 5.50. The van der Waals surface area contributed by atoms with Crippen molar-refractivity contribution in [2.75, 3.05) is 22.9 Å². The standard InChI is InChI=1S/C11H12N4O3S2/c1-15(20(2,17)18)9-6-4-3-5-8(9)10(16)13-11-14-12-7-19-11/h3-7H,1-2H3,(H,13,14,16). The van der Waals surface area contributed by atoms with Crippen molar-refractivity contribution < 1.29 is 13.2 Å². The number of carbonyl (C=O) groups is 1. The average Bonchev–Trinajstić information content (AvgIpc) is 2.89. The van der Waals surface area contributed by atoms with Gasteiger partial charge < -0.3 is 0 Å². The Morgan fingerprint density at radius 2 is 2.05 bits per heavy atom. The molecule has 0 saturated carbocycles. The zero-order valence-corrected chi connectivity index (χ0v) is 12.4. The summed E-state index contributed by atoms with van der Waals surface area (Å²) in [5, 5.41) is 10.2. The minimum absolute atomic E-state index is 0.246. The highest BCUT2D eigenvalue weighted by molar-refractivity contribution is 7.92. The van der Waals surface area contributed by atoms with Crippen molar-refractivity contribution in [3.63, 3.8) is 0 Å². The Morgan fingerprint density at radius 1 is 1.35 bits per heavy atom. The van der Waals surface area contributed by atoms with Gasteiger partial charge in [0.15, 0.2) is 0 Å². The zero-order valence-electron chi connectivity index (χ0n) is 10.8. The number of nitrogens with one attached hydrogen (secondary N) is 1. The molecule has 0 saturated heterocycles. The summed E-state index contributed by atoms with van der Waals surface area (Å²) in [5.74, 6) is -0.437. The Hall–Kier alpha value is -2.00. The van der Waals surface area contributed by atoms with Gasteiger partial charge in [0.05, 0.1) is 17.5 Å². The average molecular weight is 312 g/mol. The van der Waals surface area contributed by atoms with Crippen LogP contribution in [0.1, 0.15) is 10.4 Å². The predicted molar refractivity (Wildman–Crippen MR) is 77.6 cm³/mol. The molecule has 1 aromatic heterocycles. The molecule has 1 heterocycles. The highest BCUT2D eigenvalue weighted by Gasteiger charge is 2.19. The van der Waals surface area contributed by atoms with E-state index in [9.17, 15) is 13.2 Å². The van der Waals surface area contributed by atoms with Gasteiger partial charge in [-0.2, -0.15) is 0 Å². The lowest BCUT2D eigenvalue weighted by atomic mass is 10.1. The second-order valence-corrected chi connectivity index (χ2v) is 6.79. The van der Waals surface area contributed by atoms with Gasteiger partial charge in [-0.25, -0.2) is 8.42 Å². The quantitative estimate of drug-likeness (QED) is 0.915. The van der Waals surface area contributed by atoms with Crippen molar-refractivity contribution in [1.29, 1.82) is 0 Å². The van der Waals surface area contributed by atoms with E-state index in [0.717, 1.165) is 10.6 Å². The molecule has 0 atom stereocenters. The van der Waals surface area contributed by atoms with Crippen molar-refractivity contribution in [2.45, 2.75) is 0 Å². The maximum Gasteiger partial charge on any atom is 0.259 e. The molecule has 2 aromatic rings. The smallest absolute Gasteiger partial charge is 0.259 e.